The molecule has 2 aromatic carbocycles. The third kappa shape index (κ3) is 2.35. The van der Waals surface area contributed by atoms with Gasteiger partial charge in [0.25, 0.3) is 0 Å². The summed E-state index contributed by atoms with van der Waals surface area (Å²) < 4.78 is 14.9. The smallest absolute Gasteiger partial charge is 0.187 e. The summed E-state index contributed by atoms with van der Waals surface area (Å²) in [5, 5.41) is 11.8. The molecule has 0 fully saturated rings. The Labute approximate surface area is 121 Å². The van der Waals surface area contributed by atoms with Crippen LogP contribution in [0.25, 0.3) is 17.1 Å². The maximum atomic E-state index is 13.3. The van der Waals surface area contributed by atoms with E-state index in [0.29, 0.717) is 11.4 Å². The minimum absolute atomic E-state index is 0.0719. The molecule has 1 aromatic heterocycles. The lowest BCUT2D eigenvalue weighted by Crippen LogP contribution is -2.03. The van der Waals surface area contributed by atoms with Gasteiger partial charge in [-0.2, -0.15) is 4.68 Å². The van der Waals surface area contributed by atoms with Crippen molar-refractivity contribution in [3.63, 3.8) is 0 Å². The summed E-state index contributed by atoms with van der Waals surface area (Å²) in [5.74, 6) is 0.0675. The van der Waals surface area contributed by atoms with Crippen molar-refractivity contribution in [1.29, 1.82) is 0 Å². The summed E-state index contributed by atoms with van der Waals surface area (Å²) in [6.45, 7) is 4.02. The van der Waals surface area contributed by atoms with Crippen molar-refractivity contribution in [2.75, 3.05) is 5.73 Å². The van der Waals surface area contributed by atoms with E-state index >= 15 is 0 Å². The molecule has 6 heteroatoms. The van der Waals surface area contributed by atoms with E-state index in [1.54, 1.807) is 10.7 Å². The first-order valence-electron chi connectivity index (χ1n) is 6.47. The Balaban J connectivity index is 2.14. The molecule has 0 aliphatic heterocycles. The largest absolute Gasteiger partial charge is 0.396 e. The zero-order valence-corrected chi connectivity index (χ0v) is 11.7. The quantitative estimate of drug-likeness (QED) is 0.734. The lowest BCUT2D eigenvalue weighted by molar-refractivity contribution is 0.632. The molecule has 0 atom stereocenters. The summed E-state index contributed by atoms with van der Waals surface area (Å²) in [5.41, 5.74) is 9.45. The Morgan fingerprint density at radius 1 is 1.10 bits per heavy atom. The molecular weight excluding hydrogens is 269 g/mol. The monoisotopic (exact) mass is 283 g/mol. The lowest BCUT2D eigenvalue weighted by Gasteiger charge is -2.09. The molecular formula is C15H14FN5. The summed E-state index contributed by atoms with van der Waals surface area (Å²) in [6.07, 6.45) is 0. The van der Waals surface area contributed by atoms with E-state index in [2.05, 4.69) is 21.6 Å². The number of hydrogen-bond donors (Lipinski definition) is 1. The zero-order chi connectivity index (χ0) is 15.0. The van der Waals surface area contributed by atoms with Gasteiger partial charge in [0.05, 0.1) is 11.4 Å². The van der Waals surface area contributed by atoms with E-state index in [4.69, 9.17) is 5.73 Å². The third-order valence-corrected chi connectivity index (χ3v) is 3.30. The van der Waals surface area contributed by atoms with Gasteiger partial charge in [0.1, 0.15) is 5.82 Å². The van der Waals surface area contributed by atoms with Crippen LogP contribution in [0.5, 0.6) is 0 Å². The standard InChI is InChI=1S/C15H14FN5/c1-9-3-6-14(10(2)7-9)21-15(18-19-20-21)11-4-5-12(16)13(17)8-11/h3-8H,17H2,1-2H3. The molecule has 0 spiro atoms. The first-order valence-corrected chi connectivity index (χ1v) is 6.47. The van der Waals surface area contributed by atoms with E-state index in [0.717, 1.165) is 16.8 Å². The average Bonchev–Trinajstić information content (AvgIpc) is 2.91. The van der Waals surface area contributed by atoms with Crippen LogP contribution in [0.1, 0.15) is 11.1 Å². The van der Waals surface area contributed by atoms with Crippen LogP contribution in [-0.2, 0) is 0 Å². The van der Waals surface area contributed by atoms with Crippen LogP contribution in [0.4, 0.5) is 10.1 Å². The van der Waals surface area contributed by atoms with Gasteiger partial charge in [-0.15, -0.1) is 5.10 Å². The predicted molar refractivity (Wildman–Crippen MR) is 78.4 cm³/mol. The molecule has 0 bridgehead atoms. The van der Waals surface area contributed by atoms with E-state index in [1.165, 1.54) is 12.1 Å². The minimum Gasteiger partial charge on any atom is -0.396 e. The number of aromatic nitrogens is 4. The molecule has 3 rings (SSSR count). The number of tetrazole rings is 1. The lowest BCUT2D eigenvalue weighted by atomic mass is 10.1. The number of anilines is 1. The second-order valence-electron chi connectivity index (χ2n) is 4.94. The number of nitrogens with two attached hydrogens (primary N) is 1. The summed E-state index contributed by atoms with van der Waals surface area (Å²) in [4.78, 5) is 0. The van der Waals surface area contributed by atoms with Gasteiger partial charge in [-0.1, -0.05) is 17.7 Å². The molecule has 21 heavy (non-hydrogen) atoms. The molecule has 0 unspecified atom stereocenters. The second-order valence-corrected chi connectivity index (χ2v) is 4.94. The van der Waals surface area contributed by atoms with Crippen LogP contribution in [-0.4, -0.2) is 20.2 Å². The van der Waals surface area contributed by atoms with Crippen molar-refractivity contribution in [2.24, 2.45) is 0 Å². The van der Waals surface area contributed by atoms with E-state index in [9.17, 15) is 4.39 Å². The van der Waals surface area contributed by atoms with E-state index < -0.39 is 5.82 Å². The maximum absolute atomic E-state index is 13.3. The van der Waals surface area contributed by atoms with Crippen LogP contribution in [0.15, 0.2) is 36.4 Å². The fraction of sp³-hybridized carbons (Fsp3) is 0.133. The molecule has 0 amide bonds. The first-order chi connectivity index (χ1) is 10.1. The predicted octanol–water partition coefficient (Wildman–Crippen LogP) is 2.67. The van der Waals surface area contributed by atoms with Crippen LogP contribution in [0.3, 0.4) is 0 Å². The van der Waals surface area contributed by atoms with Crippen molar-refractivity contribution in [3.05, 3.63) is 53.3 Å². The highest BCUT2D eigenvalue weighted by molar-refractivity contribution is 5.63. The topological polar surface area (TPSA) is 69.6 Å². The molecule has 3 aromatic rings. The van der Waals surface area contributed by atoms with Crippen molar-refractivity contribution in [2.45, 2.75) is 13.8 Å². The average molecular weight is 283 g/mol. The van der Waals surface area contributed by atoms with Gasteiger partial charge in [0.2, 0.25) is 0 Å². The van der Waals surface area contributed by atoms with Crippen LogP contribution < -0.4 is 5.73 Å². The molecule has 0 saturated carbocycles. The normalized spacial score (nSPS) is 10.8. The Morgan fingerprint density at radius 2 is 1.90 bits per heavy atom. The number of aryl methyl sites for hydroxylation is 2. The van der Waals surface area contributed by atoms with Crippen LogP contribution >= 0.6 is 0 Å². The SMILES string of the molecule is Cc1ccc(-n2nnnc2-c2ccc(F)c(N)c2)c(C)c1. The highest BCUT2D eigenvalue weighted by atomic mass is 19.1. The van der Waals surface area contributed by atoms with Gasteiger partial charge >= 0.3 is 0 Å². The molecule has 0 aliphatic rings. The summed E-state index contributed by atoms with van der Waals surface area (Å²) >= 11 is 0. The van der Waals surface area contributed by atoms with Crippen LogP contribution in [0.2, 0.25) is 0 Å². The maximum Gasteiger partial charge on any atom is 0.187 e. The van der Waals surface area contributed by atoms with Crippen molar-refractivity contribution < 1.29 is 4.39 Å². The Kier molecular flexibility index (Phi) is 3.13. The highest BCUT2D eigenvalue weighted by Gasteiger charge is 2.13. The Bertz CT molecular complexity index is 810. The molecule has 5 nitrogen and oxygen atoms in total. The van der Waals surface area contributed by atoms with Gasteiger partial charge in [-0.05, 0) is 54.1 Å². The van der Waals surface area contributed by atoms with Gasteiger partial charge < -0.3 is 5.73 Å². The minimum atomic E-state index is -0.454. The number of benzene rings is 2. The van der Waals surface area contributed by atoms with Gasteiger partial charge in [-0.25, -0.2) is 4.39 Å². The molecule has 2 N–H and O–H groups in total. The number of halogens is 1. The molecule has 0 radical (unpaired) electrons. The van der Waals surface area contributed by atoms with Crippen molar-refractivity contribution in [3.8, 4) is 17.1 Å². The number of nitrogens with zero attached hydrogens (tertiary/aromatic N) is 4. The van der Waals surface area contributed by atoms with Crippen molar-refractivity contribution >= 4 is 5.69 Å². The van der Waals surface area contributed by atoms with Crippen LogP contribution in [0, 0.1) is 19.7 Å². The second kappa shape index (κ2) is 4.97. The highest BCUT2D eigenvalue weighted by Crippen LogP contribution is 2.24. The molecule has 106 valence electrons. The fourth-order valence-electron chi connectivity index (χ4n) is 2.26. The van der Waals surface area contributed by atoms with Gasteiger partial charge in [0.15, 0.2) is 5.82 Å². The van der Waals surface area contributed by atoms with Gasteiger partial charge in [0, 0.05) is 5.56 Å². The first kappa shape index (κ1) is 13.2. The van der Waals surface area contributed by atoms with E-state index in [1.807, 2.05) is 26.0 Å². The number of hydrogen-bond acceptors (Lipinski definition) is 4. The zero-order valence-electron chi connectivity index (χ0n) is 11.7. The summed E-state index contributed by atoms with van der Waals surface area (Å²) in [6, 6.07) is 10.5. The third-order valence-electron chi connectivity index (χ3n) is 3.30. The molecule has 1 heterocycles. The fourth-order valence-corrected chi connectivity index (χ4v) is 2.26. The Morgan fingerprint density at radius 3 is 2.62 bits per heavy atom. The molecule has 0 aliphatic carbocycles. The number of rotatable bonds is 2. The number of nitrogen functional groups attached to an aromatic ring is 1. The summed E-state index contributed by atoms with van der Waals surface area (Å²) in [7, 11) is 0. The van der Waals surface area contributed by atoms with Gasteiger partial charge in [-0.3, -0.25) is 0 Å². The van der Waals surface area contributed by atoms with E-state index in [-0.39, 0.29) is 5.69 Å². The van der Waals surface area contributed by atoms with Crippen molar-refractivity contribution in [1.82, 2.24) is 20.2 Å². The molecule has 0 saturated heterocycles. The Hall–Kier alpha value is -2.76.